The zero-order valence-corrected chi connectivity index (χ0v) is 10.8. The van der Waals surface area contributed by atoms with Gasteiger partial charge in [0.15, 0.2) is 6.29 Å². The van der Waals surface area contributed by atoms with Crippen LogP contribution in [0.4, 0.5) is 0 Å². The minimum atomic E-state index is -1.46. The van der Waals surface area contributed by atoms with Crippen LogP contribution < -0.4 is 0 Å². The molecule has 10 nitrogen and oxygen atoms in total. The first-order valence-corrected chi connectivity index (χ1v) is 6.12. The SMILES string of the molecule is [N-]=[N+]=NCCOCCO[C@H]1OC(CO)[C@@H](O)C(O)C1O. The van der Waals surface area contributed by atoms with E-state index in [-0.39, 0.29) is 26.4 Å². The van der Waals surface area contributed by atoms with Crippen molar-refractivity contribution in [3.05, 3.63) is 10.4 Å². The number of hydrogen-bond donors (Lipinski definition) is 4. The molecule has 116 valence electrons. The molecule has 0 aromatic heterocycles. The van der Waals surface area contributed by atoms with Gasteiger partial charge in [-0.2, -0.15) is 0 Å². The molecule has 1 saturated heterocycles. The fourth-order valence-corrected chi connectivity index (χ4v) is 1.68. The van der Waals surface area contributed by atoms with Gasteiger partial charge in [-0.1, -0.05) is 5.11 Å². The van der Waals surface area contributed by atoms with Crippen LogP contribution in [0.2, 0.25) is 0 Å². The maximum absolute atomic E-state index is 9.66. The first kappa shape index (κ1) is 17.1. The zero-order chi connectivity index (χ0) is 15.0. The first-order valence-electron chi connectivity index (χ1n) is 6.12. The highest BCUT2D eigenvalue weighted by Gasteiger charge is 2.43. The molecular formula is C10H19N3O7. The minimum Gasteiger partial charge on any atom is -0.394 e. The van der Waals surface area contributed by atoms with E-state index in [1.807, 2.05) is 0 Å². The van der Waals surface area contributed by atoms with Gasteiger partial charge in [0.25, 0.3) is 0 Å². The number of ether oxygens (including phenoxy) is 3. The van der Waals surface area contributed by atoms with Crippen molar-refractivity contribution >= 4 is 0 Å². The summed E-state index contributed by atoms with van der Waals surface area (Å²) in [6.45, 7) is 0.182. The van der Waals surface area contributed by atoms with E-state index in [1.165, 1.54) is 0 Å². The van der Waals surface area contributed by atoms with Crippen LogP contribution in [0.15, 0.2) is 5.11 Å². The maximum Gasteiger partial charge on any atom is 0.186 e. The van der Waals surface area contributed by atoms with Gasteiger partial charge in [-0.3, -0.25) is 0 Å². The Balaban J connectivity index is 2.26. The van der Waals surface area contributed by atoms with E-state index in [0.717, 1.165) is 0 Å². The van der Waals surface area contributed by atoms with Crippen LogP contribution in [-0.4, -0.2) is 84.1 Å². The molecule has 0 bridgehead atoms. The zero-order valence-electron chi connectivity index (χ0n) is 10.8. The lowest BCUT2D eigenvalue weighted by molar-refractivity contribution is -0.302. The summed E-state index contributed by atoms with van der Waals surface area (Å²) in [5.41, 5.74) is 8.03. The van der Waals surface area contributed by atoms with Gasteiger partial charge in [0.2, 0.25) is 0 Å². The third-order valence-electron chi connectivity index (χ3n) is 2.76. The van der Waals surface area contributed by atoms with Crippen molar-refractivity contribution < 1.29 is 34.6 Å². The predicted molar refractivity (Wildman–Crippen MR) is 64.6 cm³/mol. The Morgan fingerprint density at radius 3 is 2.50 bits per heavy atom. The molecule has 0 spiro atoms. The van der Waals surface area contributed by atoms with E-state index in [1.54, 1.807) is 0 Å². The molecule has 3 unspecified atom stereocenters. The molecular weight excluding hydrogens is 274 g/mol. The van der Waals surface area contributed by atoms with Crippen LogP contribution in [0, 0.1) is 0 Å². The van der Waals surface area contributed by atoms with E-state index in [0.29, 0.717) is 0 Å². The van der Waals surface area contributed by atoms with Gasteiger partial charge in [0, 0.05) is 11.5 Å². The number of azide groups is 1. The lowest BCUT2D eigenvalue weighted by Crippen LogP contribution is -2.59. The molecule has 0 aromatic rings. The molecule has 1 fully saturated rings. The Morgan fingerprint density at radius 1 is 1.10 bits per heavy atom. The van der Waals surface area contributed by atoms with Crippen LogP contribution in [0.1, 0.15) is 0 Å². The summed E-state index contributed by atoms with van der Waals surface area (Å²) >= 11 is 0. The van der Waals surface area contributed by atoms with Gasteiger partial charge >= 0.3 is 0 Å². The summed E-state index contributed by atoms with van der Waals surface area (Å²) in [6, 6.07) is 0. The summed E-state index contributed by atoms with van der Waals surface area (Å²) in [7, 11) is 0. The molecule has 1 aliphatic rings. The highest BCUT2D eigenvalue weighted by atomic mass is 16.7. The minimum absolute atomic E-state index is 0.0684. The second-order valence-corrected chi connectivity index (χ2v) is 4.13. The summed E-state index contributed by atoms with van der Waals surface area (Å²) in [5.74, 6) is 0. The van der Waals surface area contributed by atoms with Crippen molar-refractivity contribution in [2.24, 2.45) is 5.11 Å². The van der Waals surface area contributed by atoms with Crippen LogP contribution in [0.25, 0.3) is 10.4 Å². The second kappa shape index (κ2) is 9.06. The van der Waals surface area contributed by atoms with Crippen LogP contribution >= 0.6 is 0 Å². The predicted octanol–water partition coefficient (Wildman–Crippen LogP) is -1.87. The van der Waals surface area contributed by atoms with Crippen LogP contribution in [0.3, 0.4) is 0 Å². The van der Waals surface area contributed by atoms with Crippen LogP contribution in [0.5, 0.6) is 0 Å². The van der Waals surface area contributed by atoms with E-state index in [4.69, 9.17) is 24.8 Å². The van der Waals surface area contributed by atoms with Crippen molar-refractivity contribution in [2.75, 3.05) is 33.0 Å². The molecule has 0 aromatic carbocycles. The van der Waals surface area contributed by atoms with Crippen molar-refractivity contribution in [1.29, 1.82) is 0 Å². The van der Waals surface area contributed by atoms with Crippen molar-refractivity contribution in [1.82, 2.24) is 0 Å². The average Bonchev–Trinajstić information content (AvgIpc) is 2.46. The van der Waals surface area contributed by atoms with Crippen LogP contribution in [-0.2, 0) is 14.2 Å². The molecule has 0 aliphatic carbocycles. The van der Waals surface area contributed by atoms with Crippen molar-refractivity contribution in [3.8, 4) is 0 Å². The largest absolute Gasteiger partial charge is 0.394 e. The maximum atomic E-state index is 9.66. The second-order valence-electron chi connectivity index (χ2n) is 4.13. The number of aliphatic hydroxyl groups excluding tert-OH is 4. The smallest absolute Gasteiger partial charge is 0.186 e. The average molecular weight is 293 g/mol. The molecule has 1 aliphatic heterocycles. The molecule has 10 heteroatoms. The molecule has 0 amide bonds. The lowest BCUT2D eigenvalue weighted by atomic mass is 9.99. The molecule has 20 heavy (non-hydrogen) atoms. The number of nitrogens with zero attached hydrogens (tertiary/aromatic N) is 3. The Hall–Kier alpha value is -0.970. The van der Waals surface area contributed by atoms with Crippen molar-refractivity contribution in [2.45, 2.75) is 30.7 Å². The number of rotatable bonds is 8. The highest BCUT2D eigenvalue weighted by Crippen LogP contribution is 2.21. The quantitative estimate of drug-likeness (QED) is 0.177. The standard InChI is InChI=1S/C10H19N3O7/c11-13-12-1-2-18-3-4-19-10-9(17)8(16)7(15)6(5-14)20-10/h6-10,14-17H,1-5H2/t6?,7-,8?,9?,10+/m1/s1. The fourth-order valence-electron chi connectivity index (χ4n) is 1.68. The summed E-state index contributed by atoms with van der Waals surface area (Å²) < 4.78 is 15.4. The Labute approximate surface area is 115 Å². The first-order chi connectivity index (χ1) is 9.61. The van der Waals surface area contributed by atoms with E-state index in [9.17, 15) is 15.3 Å². The third kappa shape index (κ3) is 4.85. The summed E-state index contributed by atoms with van der Waals surface area (Å²) in [6.07, 6.45) is -6.45. The summed E-state index contributed by atoms with van der Waals surface area (Å²) in [5, 5.41) is 41.0. The van der Waals surface area contributed by atoms with Gasteiger partial charge in [0.1, 0.15) is 24.4 Å². The van der Waals surface area contributed by atoms with Gasteiger partial charge in [-0.05, 0) is 5.53 Å². The molecule has 0 radical (unpaired) electrons. The molecule has 1 heterocycles. The molecule has 0 saturated carbocycles. The number of hydrogen-bond acceptors (Lipinski definition) is 8. The normalized spacial score (nSPS) is 33.7. The Bertz CT molecular complexity index is 324. The molecule has 5 atom stereocenters. The van der Waals surface area contributed by atoms with Gasteiger partial charge in [-0.15, -0.1) is 0 Å². The van der Waals surface area contributed by atoms with Crippen molar-refractivity contribution in [3.63, 3.8) is 0 Å². The van der Waals surface area contributed by atoms with Gasteiger partial charge in [-0.25, -0.2) is 0 Å². The molecule has 1 rings (SSSR count). The van der Waals surface area contributed by atoms with E-state index < -0.39 is 37.3 Å². The third-order valence-corrected chi connectivity index (χ3v) is 2.76. The highest BCUT2D eigenvalue weighted by molar-refractivity contribution is 4.88. The monoisotopic (exact) mass is 293 g/mol. The van der Waals surface area contributed by atoms with E-state index in [2.05, 4.69) is 10.0 Å². The Kier molecular flexibility index (Phi) is 7.73. The van der Waals surface area contributed by atoms with E-state index >= 15 is 0 Å². The lowest BCUT2D eigenvalue weighted by Gasteiger charge is -2.39. The summed E-state index contributed by atoms with van der Waals surface area (Å²) in [4.78, 5) is 2.56. The molecule has 4 N–H and O–H groups in total. The topological polar surface area (TPSA) is 157 Å². The fraction of sp³-hybridized carbons (Fsp3) is 1.00. The van der Waals surface area contributed by atoms with Gasteiger partial charge in [0.05, 0.1) is 26.4 Å². The number of aliphatic hydroxyl groups is 4. The van der Waals surface area contributed by atoms with Gasteiger partial charge < -0.3 is 34.6 Å². The Morgan fingerprint density at radius 2 is 1.85 bits per heavy atom.